The molecular formula is C19H20ClNO3S. The van der Waals surface area contributed by atoms with Gasteiger partial charge >= 0.3 is 0 Å². The molecule has 0 atom stereocenters. The van der Waals surface area contributed by atoms with E-state index in [1.165, 1.54) is 18.9 Å². The van der Waals surface area contributed by atoms with Gasteiger partial charge in [0.25, 0.3) is 0 Å². The number of anilines is 1. The van der Waals surface area contributed by atoms with Gasteiger partial charge in [0.05, 0.1) is 24.3 Å². The average molecular weight is 378 g/mol. The van der Waals surface area contributed by atoms with Gasteiger partial charge in [-0.1, -0.05) is 41.4 Å². The van der Waals surface area contributed by atoms with Gasteiger partial charge in [0.15, 0.2) is 5.78 Å². The van der Waals surface area contributed by atoms with Crippen LogP contribution in [0.5, 0.6) is 5.75 Å². The van der Waals surface area contributed by atoms with E-state index in [0.717, 1.165) is 11.1 Å². The van der Waals surface area contributed by atoms with Crippen molar-refractivity contribution in [3.05, 3.63) is 58.1 Å². The Labute approximate surface area is 156 Å². The highest BCUT2D eigenvalue weighted by molar-refractivity contribution is 8.00. The molecule has 2 rings (SSSR count). The first-order valence-electron chi connectivity index (χ1n) is 7.72. The summed E-state index contributed by atoms with van der Waals surface area (Å²) in [5.41, 5.74) is 3.18. The number of Topliss-reactive ketones (excluding diaryl/α,β-unsaturated/α-hetero) is 1. The molecular weight excluding hydrogens is 358 g/mol. The minimum Gasteiger partial charge on any atom is -0.495 e. The van der Waals surface area contributed by atoms with Crippen molar-refractivity contribution in [2.45, 2.75) is 13.8 Å². The predicted octanol–water partition coefficient (Wildman–Crippen LogP) is 4.52. The minimum atomic E-state index is -0.193. The average Bonchev–Trinajstić information content (AvgIpc) is 2.58. The maximum atomic E-state index is 12.1. The lowest BCUT2D eigenvalue weighted by molar-refractivity contribution is -0.113. The summed E-state index contributed by atoms with van der Waals surface area (Å²) in [6, 6.07) is 10.8. The highest BCUT2D eigenvalue weighted by atomic mass is 35.5. The Hall–Kier alpha value is -1.98. The molecule has 0 radical (unpaired) electrons. The van der Waals surface area contributed by atoms with Crippen LogP contribution in [0.1, 0.15) is 21.5 Å². The normalized spacial score (nSPS) is 10.4. The summed E-state index contributed by atoms with van der Waals surface area (Å²) in [6.07, 6.45) is 0. The molecule has 25 heavy (non-hydrogen) atoms. The first-order valence-corrected chi connectivity index (χ1v) is 9.25. The SMILES string of the molecule is COc1cc(Cl)c(C)cc1NC(=O)CSCC(=O)c1ccc(C)cc1. The van der Waals surface area contributed by atoms with Crippen LogP contribution in [-0.2, 0) is 4.79 Å². The van der Waals surface area contributed by atoms with Crippen LogP contribution in [0, 0.1) is 13.8 Å². The van der Waals surface area contributed by atoms with Crippen molar-refractivity contribution in [3.63, 3.8) is 0 Å². The molecule has 0 heterocycles. The highest BCUT2D eigenvalue weighted by Gasteiger charge is 2.12. The zero-order valence-electron chi connectivity index (χ0n) is 14.4. The van der Waals surface area contributed by atoms with Crippen LogP contribution in [0.4, 0.5) is 5.69 Å². The third-order valence-corrected chi connectivity index (χ3v) is 4.93. The fraction of sp³-hybridized carbons (Fsp3) is 0.263. The van der Waals surface area contributed by atoms with E-state index < -0.39 is 0 Å². The molecule has 0 fully saturated rings. The third kappa shape index (κ3) is 5.51. The quantitative estimate of drug-likeness (QED) is 0.721. The molecule has 2 aromatic rings. The van der Waals surface area contributed by atoms with E-state index in [0.29, 0.717) is 22.0 Å². The summed E-state index contributed by atoms with van der Waals surface area (Å²) in [7, 11) is 1.52. The van der Waals surface area contributed by atoms with Crippen LogP contribution >= 0.6 is 23.4 Å². The van der Waals surface area contributed by atoms with E-state index in [4.69, 9.17) is 16.3 Å². The Kier molecular flexibility index (Phi) is 6.91. The summed E-state index contributed by atoms with van der Waals surface area (Å²) in [5, 5.41) is 3.37. The zero-order valence-corrected chi connectivity index (χ0v) is 16.0. The Bertz CT molecular complexity index is 775. The first-order chi connectivity index (χ1) is 11.9. The molecule has 0 aliphatic heterocycles. The van der Waals surface area contributed by atoms with Crippen LogP contribution in [0.15, 0.2) is 36.4 Å². The summed E-state index contributed by atoms with van der Waals surface area (Å²) < 4.78 is 5.23. The van der Waals surface area contributed by atoms with Gasteiger partial charge in [-0.3, -0.25) is 9.59 Å². The third-order valence-electron chi connectivity index (χ3n) is 3.59. The van der Waals surface area contributed by atoms with Crippen molar-refractivity contribution in [1.29, 1.82) is 0 Å². The van der Waals surface area contributed by atoms with Gasteiger partial charge in [0, 0.05) is 16.7 Å². The van der Waals surface area contributed by atoms with Crippen molar-refractivity contribution < 1.29 is 14.3 Å². The number of thioether (sulfide) groups is 1. The molecule has 1 amide bonds. The van der Waals surface area contributed by atoms with Crippen LogP contribution in [-0.4, -0.2) is 30.3 Å². The number of ether oxygens (including phenoxy) is 1. The van der Waals surface area contributed by atoms with E-state index in [1.807, 2.05) is 26.0 Å². The lowest BCUT2D eigenvalue weighted by Crippen LogP contribution is -2.16. The predicted molar refractivity (Wildman–Crippen MR) is 104 cm³/mol. The molecule has 132 valence electrons. The van der Waals surface area contributed by atoms with Gasteiger partial charge < -0.3 is 10.1 Å². The van der Waals surface area contributed by atoms with Crippen molar-refractivity contribution in [3.8, 4) is 5.75 Å². The molecule has 2 aromatic carbocycles. The first kappa shape index (κ1) is 19.3. The Morgan fingerprint density at radius 1 is 1.12 bits per heavy atom. The Balaban J connectivity index is 1.88. The zero-order chi connectivity index (χ0) is 18.4. The second kappa shape index (κ2) is 8.92. The van der Waals surface area contributed by atoms with Crippen molar-refractivity contribution >= 4 is 40.7 Å². The van der Waals surface area contributed by atoms with Crippen molar-refractivity contribution in [2.24, 2.45) is 0 Å². The lowest BCUT2D eigenvalue weighted by Gasteiger charge is -2.12. The molecule has 0 aliphatic carbocycles. The van der Waals surface area contributed by atoms with E-state index in [9.17, 15) is 9.59 Å². The number of ketones is 1. The van der Waals surface area contributed by atoms with Gasteiger partial charge in [-0.05, 0) is 25.5 Å². The van der Waals surface area contributed by atoms with Gasteiger partial charge in [0.1, 0.15) is 5.75 Å². The number of rotatable bonds is 7. The largest absolute Gasteiger partial charge is 0.495 e. The van der Waals surface area contributed by atoms with E-state index in [2.05, 4.69) is 5.32 Å². The maximum Gasteiger partial charge on any atom is 0.234 e. The summed E-state index contributed by atoms with van der Waals surface area (Å²) in [5.74, 6) is 0.763. The summed E-state index contributed by atoms with van der Waals surface area (Å²) in [6.45, 7) is 3.83. The standard InChI is InChI=1S/C19H20ClNO3S/c1-12-4-6-14(7-5-12)17(22)10-25-11-19(23)21-16-8-13(2)15(20)9-18(16)24-3/h4-9H,10-11H2,1-3H3,(H,21,23). The fourth-order valence-corrected chi connectivity index (χ4v) is 3.04. The molecule has 0 bridgehead atoms. The van der Waals surface area contributed by atoms with Crippen LogP contribution < -0.4 is 10.1 Å². The second-order valence-electron chi connectivity index (χ2n) is 5.63. The number of amides is 1. The molecule has 0 saturated heterocycles. The monoisotopic (exact) mass is 377 g/mol. The smallest absolute Gasteiger partial charge is 0.234 e. The summed E-state index contributed by atoms with van der Waals surface area (Å²) >= 11 is 7.33. The molecule has 6 heteroatoms. The number of aryl methyl sites for hydroxylation is 2. The van der Waals surface area contributed by atoms with Gasteiger partial charge in [0.2, 0.25) is 5.91 Å². The number of carbonyl (C=O) groups excluding carboxylic acids is 2. The van der Waals surface area contributed by atoms with Gasteiger partial charge in [-0.25, -0.2) is 0 Å². The van der Waals surface area contributed by atoms with Crippen LogP contribution in [0.3, 0.4) is 0 Å². The highest BCUT2D eigenvalue weighted by Crippen LogP contribution is 2.31. The molecule has 0 aliphatic rings. The Morgan fingerprint density at radius 2 is 1.80 bits per heavy atom. The maximum absolute atomic E-state index is 12.1. The molecule has 4 nitrogen and oxygen atoms in total. The minimum absolute atomic E-state index is 0.0118. The number of methoxy groups -OCH3 is 1. The number of halogens is 1. The molecule has 0 aromatic heterocycles. The van der Waals surface area contributed by atoms with Gasteiger partial charge in [-0.2, -0.15) is 0 Å². The van der Waals surface area contributed by atoms with Crippen LogP contribution in [0.2, 0.25) is 5.02 Å². The van der Waals surface area contributed by atoms with Crippen molar-refractivity contribution in [1.82, 2.24) is 0 Å². The summed E-state index contributed by atoms with van der Waals surface area (Å²) in [4.78, 5) is 24.2. The molecule has 0 unspecified atom stereocenters. The second-order valence-corrected chi connectivity index (χ2v) is 7.02. The number of carbonyl (C=O) groups is 2. The molecule has 0 spiro atoms. The van der Waals surface area contributed by atoms with E-state index in [1.54, 1.807) is 24.3 Å². The number of hydrogen-bond donors (Lipinski definition) is 1. The van der Waals surface area contributed by atoms with Gasteiger partial charge in [-0.15, -0.1) is 11.8 Å². The topological polar surface area (TPSA) is 55.4 Å². The van der Waals surface area contributed by atoms with Crippen LogP contribution in [0.25, 0.3) is 0 Å². The lowest BCUT2D eigenvalue weighted by atomic mass is 10.1. The number of hydrogen-bond acceptors (Lipinski definition) is 4. The van der Waals surface area contributed by atoms with E-state index in [-0.39, 0.29) is 23.2 Å². The Morgan fingerprint density at radius 3 is 2.44 bits per heavy atom. The molecule has 1 N–H and O–H groups in total. The molecule has 0 saturated carbocycles. The number of benzene rings is 2. The van der Waals surface area contributed by atoms with E-state index >= 15 is 0 Å². The number of nitrogens with one attached hydrogen (secondary N) is 1. The van der Waals surface area contributed by atoms with Crippen molar-refractivity contribution in [2.75, 3.05) is 23.9 Å². The fourth-order valence-electron chi connectivity index (χ4n) is 2.18.